The van der Waals surface area contributed by atoms with Crippen molar-refractivity contribution < 1.29 is 9.90 Å². The molecule has 1 N–H and O–H groups in total. The Balaban J connectivity index is 0.00000144. The summed E-state index contributed by atoms with van der Waals surface area (Å²) in [7, 11) is 0. The van der Waals surface area contributed by atoms with Crippen LogP contribution in [0.1, 0.15) is 19.3 Å². The van der Waals surface area contributed by atoms with Gasteiger partial charge in [-0.3, -0.25) is 4.79 Å². The van der Waals surface area contributed by atoms with Gasteiger partial charge in [-0.15, -0.1) is 11.8 Å². The van der Waals surface area contributed by atoms with Gasteiger partial charge in [0.1, 0.15) is 0 Å². The normalized spacial score (nSPS) is 29.5. The van der Waals surface area contributed by atoms with Crippen LogP contribution in [0.2, 0.25) is 0 Å². The first-order valence-electron chi connectivity index (χ1n) is 7.59. The predicted molar refractivity (Wildman–Crippen MR) is 95.5 cm³/mol. The molecule has 4 rings (SSSR count). The van der Waals surface area contributed by atoms with E-state index in [-0.39, 0.29) is 23.3 Å². The summed E-state index contributed by atoms with van der Waals surface area (Å²) in [6.07, 6.45) is 3.20. The van der Waals surface area contributed by atoms with E-state index >= 15 is 0 Å². The van der Waals surface area contributed by atoms with E-state index in [4.69, 9.17) is 0 Å². The summed E-state index contributed by atoms with van der Waals surface area (Å²) >= 11 is 1.89. The number of rotatable bonds is 3. The van der Waals surface area contributed by atoms with Crippen molar-refractivity contribution in [1.29, 1.82) is 0 Å². The molecule has 4 atom stereocenters. The lowest BCUT2D eigenvalue weighted by Crippen LogP contribution is -2.28. The summed E-state index contributed by atoms with van der Waals surface area (Å²) in [6.45, 7) is 0. The maximum atomic E-state index is 11.4. The predicted octanol–water partition coefficient (Wildman–Crippen LogP) is 3.25. The number of thioether (sulfide) groups is 1. The minimum absolute atomic E-state index is 0. The standard InChI is InChI=1S/C18H18O2S.Al.3H/c19-18(20)16-8-11-7-15(16)17(9-11)21-14-6-5-12-3-1-2-4-13(12)10-14;;;;/h1-6,10-11,15-17H,7-9H2,(H,19,20);;;;. The van der Waals surface area contributed by atoms with Gasteiger partial charge in [-0.25, -0.2) is 0 Å². The lowest BCUT2D eigenvalue weighted by molar-refractivity contribution is -0.143. The van der Waals surface area contributed by atoms with Crippen LogP contribution < -0.4 is 0 Å². The molecule has 0 heterocycles. The van der Waals surface area contributed by atoms with Gasteiger partial charge in [-0.1, -0.05) is 30.3 Å². The third kappa shape index (κ3) is 2.80. The summed E-state index contributed by atoms with van der Waals surface area (Å²) in [5.74, 6) is 0.297. The maximum Gasteiger partial charge on any atom is 0.306 e. The van der Waals surface area contributed by atoms with Gasteiger partial charge in [0.05, 0.1) is 5.92 Å². The molecule has 2 aliphatic carbocycles. The van der Waals surface area contributed by atoms with E-state index in [1.807, 2.05) is 11.8 Å². The van der Waals surface area contributed by atoms with Crippen molar-refractivity contribution in [2.24, 2.45) is 17.8 Å². The Kier molecular flexibility index (Phi) is 4.55. The van der Waals surface area contributed by atoms with Gasteiger partial charge in [0.15, 0.2) is 17.4 Å². The molecule has 0 aromatic heterocycles. The van der Waals surface area contributed by atoms with E-state index in [1.54, 1.807) is 0 Å². The molecule has 0 spiro atoms. The number of benzene rings is 2. The SMILES string of the molecule is O=C(O)C1CC2CC(Sc3ccc4ccccc4c3)C1C2.[AlH3]. The van der Waals surface area contributed by atoms with Crippen molar-refractivity contribution in [1.82, 2.24) is 0 Å². The zero-order valence-corrected chi connectivity index (χ0v) is 12.6. The highest BCUT2D eigenvalue weighted by atomic mass is 32.2. The fourth-order valence-electron chi connectivity index (χ4n) is 4.12. The molecular weight excluding hydrogens is 307 g/mol. The Hall–Kier alpha value is -0.948. The number of carbonyl (C=O) groups is 1. The molecule has 2 aromatic rings. The topological polar surface area (TPSA) is 37.3 Å². The van der Waals surface area contributed by atoms with Crippen molar-refractivity contribution in [2.75, 3.05) is 0 Å². The molecule has 2 fully saturated rings. The molecule has 2 aliphatic rings. The van der Waals surface area contributed by atoms with Gasteiger partial charge in [0, 0.05) is 10.1 Å². The minimum Gasteiger partial charge on any atom is -0.481 e. The van der Waals surface area contributed by atoms with Crippen molar-refractivity contribution in [3.63, 3.8) is 0 Å². The van der Waals surface area contributed by atoms with Crippen LogP contribution in [-0.4, -0.2) is 33.7 Å². The van der Waals surface area contributed by atoms with Crippen LogP contribution in [0.5, 0.6) is 0 Å². The zero-order valence-electron chi connectivity index (χ0n) is 11.7. The molecule has 0 radical (unpaired) electrons. The molecule has 4 unspecified atom stereocenters. The second-order valence-corrected chi connectivity index (χ2v) is 7.66. The molecule has 0 saturated heterocycles. The lowest BCUT2D eigenvalue weighted by atomic mass is 9.88. The Morgan fingerprint density at radius 2 is 1.82 bits per heavy atom. The Bertz CT molecular complexity index is 702. The molecule has 0 amide bonds. The van der Waals surface area contributed by atoms with Crippen LogP contribution in [-0.2, 0) is 4.79 Å². The first kappa shape index (κ1) is 15.9. The third-order valence-electron chi connectivity index (χ3n) is 5.08. The van der Waals surface area contributed by atoms with Crippen LogP contribution in [0.15, 0.2) is 47.4 Å². The Labute approximate surface area is 145 Å². The van der Waals surface area contributed by atoms with E-state index in [9.17, 15) is 9.90 Å². The molecule has 2 saturated carbocycles. The van der Waals surface area contributed by atoms with Crippen molar-refractivity contribution in [3.8, 4) is 0 Å². The van der Waals surface area contributed by atoms with Gasteiger partial charge >= 0.3 is 5.97 Å². The first-order valence-corrected chi connectivity index (χ1v) is 8.47. The zero-order chi connectivity index (χ0) is 14.4. The van der Waals surface area contributed by atoms with Gasteiger partial charge in [-0.2, -0.15) is 0 Å². The number of hydrogen-bond donors (Lipinski definition) is 1. The van der Waals surface area contributed by atoms with Crippen molar-refractivity contribution in [2.45, 2.75) is 29.4 Å². The van der Waals surface area contributed by atoms with Crippen LogP contribution in [0.25, 0.3) is 10.8 Å². The highest BCUT2D eigenvalue weighted by Gasteiger charge is 2.49. The Morgan fingerprint density at radius 3 is 2.55 bits per heavy atom. The van der Waals surface area contributed by atoms with Gasteiger partial charge in [0.2, 0.25) is 0 Å². The summed E-state index contributed by atoms with van der Waals surface area (Å²) in [5, 5.41) is 12.4. The largest absolute Gasteiger partial charge is 0.481 e. The lowest BCUT2D eigenvalue weighted by Gasteiger charge is -2.26. The minimum atomic E-state index is -0.591. The molecule has 2 aromatic carbocycles. The molecule has 22 heavy (non-hydrogen) atoms. The van der Waals surface area contributed by atoms with Gasteiger partial charge in [0.25, 0.3) is 0 Å². The highest BCUT2D eigenvalue weighted by molar-refractivity contribution is 8.00. The number of hydrogen-bond acceptors (Lipinski definition) is 2. The van der Waals surface area contributed by atoms with E-state index in [0.717, 1.165) is 12.8 Å². The van der Waals surface area contributed by atoms with Crippen molar-refractivity contribution in [3.05, 3.63) is 42.5 Å². The van der Waals surface area contributed by atoms with Crippen LogP contribution >= 0.6 is 11.8 Å². The molecule has 4 heteroatoms. The van der Waals surface area contributed by atoms with E-state index in [0.29, 0.717) is 17.1 Å². The first-order chi connectivity index (χ1) is 10.2. The van der Waals surface area contributed by atoms with Crippen LogP contribution in [0, 0.1) is 17.8 Å². The average molecular weight is 328 g/mol. The number of aliphatic carboxylic acids is 1. The molecule has 0 aliphatic heterocycles. The summed E-state index contributed by atoms with van der Waals surface area (Å²) in [5.41, 5.74) is 0. The van der Waals surface area contributed by atoms with Crippen molar-refractivity contribution >= 4 is 45.9 Å². The summed E-state index contributed by atoms with van der Waals surface area (Å²) in [6, 6.07) is 15.0. The summed E-state index contributed by atoms with van der Waals surface area (Å²) in [4.78, 5) is 12.6. The number of carboxylic acid groups (broad SMARTS) is 1. The molecule has 114 valence electrons. The number of carboxylic acids is 1. The molecule has 2 nitrogen and oxygen atoms in total. The fraction of sp³-hybridized carbons (Fsp3) is 0.389. The van der Waals surface area contributed by atoms with Crippen LogP contribution in [0.3, 0.4) is 0 Å². The second kappa shape index (κ2) is 6.28. The maximum absolute atomic E-state index is 11.4. The second-order valence-electron chi connectivity index (χ2n) is 6.35. The van der Waals surface area contributed by atoms with Gasteiger partial charge in [-0.05, 0) is 54.0 Å². The highest BCUT2D eigenvalue weighted by Crippen LogP contribution is 2.54. The smallest absolute Gasteiger partial charge is 0.306 e. The fourth-order valence-corrected chi connectivity index (χ4v) is 5.66. The van der Waals surface area contributed by atoms with E-state index in [2.05, 4.69) is 42.5 Å². The quantitative estimate of drug-likeness (QED) is 0.879. The third-order valence-corrected chi connectivity index (χ3v) is 6.45. The average Bonchev–Trinajstić information content (AvgIpc) is 3.07. The molecule has 2 bridgehead atoms. The van der Waals surface area contributed by atoms with Crippen LogP contribution in [0.4, 0.5) is 0 Å². The Morgan fingerprint density at radius 1 is 1.05 bits per heavy atom. The number of fused-ring (bicyclic) bond motifs is 3. The van der Waals surface area contributed by atoms with E-state index in [1.165, 1.54) is 22.1 Å². The van der Waals surface area contributed by atoms with E-state index < -0.39 is 5.97 Å². The monoisotopic (exact) mass is 328 g/mol. The van der Waals surface area contributed by atoms with Gasteiger partial charge < -0.3 is 5.11 Å². The summed E-state index contributed by atoms with van der Waals surface area (Å²) < 4.78 is 0. The molecular formula is C18H21AlO2S.